The smallest absolute Gasteiger partial charge is 0.0639 e. The number of hydrogen-bond donors (Lipinski definition) is 1. The first kappa shape index (κ1) is 8.66. The van der Waals surface area contributed by atoms with E-state index in [-0.39, 0.29) is 6.10 Å². The van der Waals surface area contributed by atoms with Gasteiger partial charge in [0.1, 0.15) is 0 Å². The van der Waals surface area contributed by atoms with Crippen molar-refractivity contribution in [2.45, 2.75) is 13.0 Å². The molecule has 0 aliphatic rings. The predicted molar refractivity (Wildman–Crippen MR) is 39.4 cm³/mol. The third kappa shape index (κ3) is 5.53. The van der Waals surface area contributed by atoms with E-state index in [1.165, 1.54) is 0 Å². The maximum Gasteiger partial charge on any atom is 0.0639 e. The summed E-state index contributed by atoms with van der Waals surface area (Å²) in [6.07, 6.45) is 1.58. The van der Waals surface area contributed by atoms with Gasteiger partial charge >= 0.3 is 0 Å². The minimum Gasteiger partial charge on any atom is -0.392 e. The second-order valence-electron chi connectivity index (χ2n) is 2.36. The average Bonchev–Trinajstić information content (AvgIpc) is 1.63. The largest absolute Gasteiger partial charge is 0.392 e. The molecule has 0 spiro atoms. The molecule has 0 rings (SSSR count). The first-order valence-corrected chi connectivity index (χ1v) is 3.14. The van der Waals surface area contributed by atoms with Crippen molar-refractivity contribution in [2.24, 2.45) is 0 Å². The summed E-state index contributed by atoms with van der Waals surface area (Å²) in [4.78, 5) is 2.01. The Morgan fingerprint density at radius 3 is 2.67 bits per heavy atom. The molecule has 0 fully saturated rings. The Morgan fingerprint density at radius 2 is 2.33 bits per heavy atom. The van der Waals surface area contributed by atoms with Crippen LogP contribution in [0.3, 0.4) is 0 Å². The molecule has 0 bridgehead atoms. The average molecular weight is 129 g/mol. The molecule has 1 atom stereocenters. The highest BCUT2D eigenvalue weighted by Gasteiger charge is 1.98. The van der Waals surface area contributed by atoms with Crippen LogP contribution in [0.15, 0.2) is 12.7 Å². The summed E-state index contributed by atoms with van der Waals surface area (Å²) >= 11 is 0. The maximum atomic E-state index is 8.87. The number of aliphatic hydroxyl groups excluding tert-OH is 1. The van der Waals surface area contributed by atoms with E-state index < -0.39 is 0 Å². The molecule has 0 aromatic rings. The minimum atomic E-state index is -0.241. The van der Waals surface area contributed by atoms with Gasteiger partial charge in [0.05, 0.1) is 6.10 Å². The van der Waals surface area contributed by atoms with Crippen LogP contribution in [0.4, 0.5) is 0 Å². The van der Waals surface area contributed by atoms with E-state index in [0.29, 0.717) is 6.54 Å². The predicted octanol–water partition coefficient (Wildman–Crippen LogP) is 0.485. The van der Waals surface area contributed by atoms with Gasteiger partial charge in [0.2, 0.25) is 0 Å². The molecule has 0 aromatic heterocycles. The van der Waals surface area contributed by atoms with Gasteiger partial charge in [-0.1, -0.05) is 6.08 Å². The fourth-order valence-corrected chi connectivity index (χ4v) is 0.746. The molecule has 0 saturated heterocycles. The van der Waals surface area contributed by atoms with E-state index in [2.05, 4.69) is 6.58 Å². The molecule has 0 aromatic carbocycles. The molecule has 0 unspecified atom stereocenters. The van der Waals surface area contributed by atoms with Gasteiger partial charge < -0.3 is 10.0 Å². The molecular formula is C7H15NO. The summed E-state index contributed by atoms with van der Waals surface area (Å²) in [7, 11) is 1.95. The van der Waals surface area contributed by atoms with Crippen LogP contribution < -0.4 is 0 Å². The topological polar surface area (TPSA) is 23.5 Å². The van der Waals surface area contributed by atoms with Crippen LogP contribution in [0.1, 0.15) is 6.92 Å². The normalized spacial score (nSPS) is 13.8. The van der Waals surface area contributed by atoms with Gasteiger partial charge in [-0.05, 0) is 14.0 Å². The molecule has 0 saturated carbocycles. The van der Waals surface area contributed by atoms with Crippen molar-refractivity contribution in [3.63, 3.8) is 0 Å². The molecule has 0 radical (unpaired) electrons. The summed E-state index contributed by atoms with van der Waals surface area (Å²) in [5.74, 6) is 0. The monoisotopic (exact) mass is 129 g/mol. The lowest BCUT2D eigenvalue weighted by molar-refractivity contribution is 0.147. The molecule has 9 heavy (non-hydrogen) atoms. The fourth-order valence-electron chi connectivity index (χ4n) is 0.746. The molecule has 1 N–H and O–H groups in total. The lowest BCUT2D eigenvalue weighted by Crippen LogP contribution is -2.27. The quantitative estimate of drug-likeness (QED) is 0.558. The number of likely N-dealkylation sites (N-methyl/N-ethyl adjacent to an activating group) is 1. The van der Waals surface area contributed by atoms with Crippen molar-refractivity contribution in [1.29, 1.82) is 0 Å². The van der Waals surface area contributed by atoms with Crippen LogP contribution in [0.5, 0.6) is 0 Å². The number of rotatable bonds is 4. The SMILES string of the molecule is C=CCN(C)C[C@H](C)O. The van der Waals surface area contributed by atoms with Crippen LogP contribution >= 0.6 is 0 Å². The summed E-state index contributed by atoms with van der Waals surface area (Å²) in [5, 5.41) is 8.87. The number of aliphatic hydroxyl groups is 1. The summed E-state index contributed by atoms with van der Waals surface area (Å²) in [6.45, 7) is 6.91. The van der Waals surface area contributed by atoms with Crippen molar-refractivity contribution >= 4 is 0 Å². The third-order valence-electron chi connectivity index (χ3n) is 1.02. The van der Waals surface area contributed by atoms with Gasteiger partial charge in [-0.15, -0.1) is 6.58 Å². The van der Waals surface area contributed by atoms with Crippen molar-refractivity contribution < 1.29 is 5.11 Å². The minimum absolute atomic E-state index is 0.241. The summed E-state index contributed by atoms with van der Waals surface area (Å²) in [5.41, 5.74) is 0. The first-order chi connectivity index (χ1) is 4.16. The van der Waals surface area contributed by atoms with Gasteiger partial charge in [-0.25, -0.2) is 0 Å². The second kappa shape index (κ2) is 4.53. The Balaban J connectivity index is 3.25. The molecule has 0 heterocycles. The van der Waals surface area contributed by atoms with Gasteiger partial charge in [0.15, 0.2) is 0 Å². The second-order valence-corrected chi connectivity index (χ2v) is 2.36. The van der Waals surface area contributed by atoms with Gasteiger partial charge in [-0.2, -0.15) is 0 Å². The number of hydrogen-bond acceptors (Lipinski definition) is 2. The fraction of sp³-hybridized carbons (Fsp3) is 0.714. The van der Waals surface area contributed by atoms with E-state index in [0.717, 1.165) is 6.54 Å². The van der Waals surface area contributed by atoms with Crippen LogP contribution in [-0.2, 0) is 0 Å². The van der Waals surface area contributed by atoms with Gasteiger partial charge in [0, 0.05) is 13.1 Å². The van der Waals surface area contributed by atoms with E-state index in [4.69, 9.17) is 5.11 Å². The van der Waals surface area contributed by atoms with Crippen molar-refractivity contribution in [3.8, 4) is 0 Å². The summed E-state index contributed by atoms with van der Waals surface area (Å²) in [6, 6.07) is 0. The summed E-state index contributed by atoms with van der Waals surface area (Å²) < 4.78 is 0. The Bertz CT molecular complexity index is 81.0. The Morgan fingerprint density at radius 1 is 1.78 bits per heavy atom. The molecule has 0 aliphatic heterocycles. The third-order valence-corrected chi connectivity index (χ3v) is 1.02. The Labute approximate surface area is 56.8 Å². The molecule has 2 heteroatoms. The van der Waals surface area contributed by atoms with E-state index in [1.54, 1.807) is 6.92 Å². The number of nitrogens with zero attached hydrogens (tertiary/aromatic N) is 1. The lowest BCUT2D eigenvalue weighted by atomic mass is 10.4. The zero-order chi connectivity index (χ0) is 7.28. The van der Waals surface area contributed by atoms with E-state index in [1.807, 2.05) is 18.0 Å². The molecule has 2 nitrogen and oxygen atoms in total. The zero-order valence-corrected chi connectivity index (χ0v) is 6.17. The Hall–Kier alpha value is -0.340. The van der Waals surface area contributed by atoms with Crippen molar-refractivity contribution in [1.82, 2.24) is 4.90 Å². The van der Waals surface area contributed by atoms with Crippen LogP contribution in [0.2, 0.25) is 0 Å². The highest BCUT2D eigenvalue weighted by atomic mass is 16.3. The molecular weight excluding hydrogens is 114 g/mol. The highest BCUT2D eigenvalue weighted by molar-refractivity contribution is 4.71. The lowest BCUT2D eigenvalue weighted by Gasteiger charge is -2.15. The van der Waals surface area contributed by atoms with Crippen LogP contribution in [-0.4, -0.2) is 36.2 Å². The van der Waals surface area contributed by atoms with Gasteiger partial charge in [-0.3, -0.25) is 0 Å². The maximum absolute atomic E-state index is 8.87. The van der Waals surface area contributed by atoms with Crippen molar-refractivity contribution in [3.05, 3.63) is 12.7 Å². The Kier molecular flexibility index (Phi) is 4.36. The molecule has 0 aliphatic carbocycles. The van der Waals surface area contributed by atoms with E-state index in [9.17, 15) is 0 Å². The van der Waals surface area contributed by atoms with E-state index >= 15 is 0 Å². The first-order valence-electron chi connectivity index (χ1n) is 3.14. The molecule has 54 valence electrons. The van der Waals surface area contributed by atoms with Crippen molar-refractivity contribution in [2.75, 3.05) is 20.1 Å². The standard InChI is InChI=1S/C7H15NO/c1-4-5-8(3)6-7(2)9/h4,7,9H,1,5-6H2,2-3H3/t7-/m0/s1. The van der Waals surface area contributed by atoms with Crippen LogP contribution in [0.25, 0.3) is 0 Å². The highest BCUT2D eigenvalue weighted by Crippen LogP contribution is 1.86. The molecule has 0 amide bonds. The zero-order valence-electron chi connectivity index (χ0n) is 6.17. The van der Waals surface area contributed by atoms with Gasteiger partial charge in [0.25, 0.3) is 0 Å². The van der Waals surface area contributed by atoms with Crippen LogP contribution in [0, 0.1) is 0 Å².